The van der Waals surface area contributed by atoms with Crippen LogP contribution in [0.25, 0.3) is 11.1 Å². The minimum absolute atomic E-state index is 0.0228. The Labute approximate surface area is 272 Å². The van der Waals surface area contributed by atoms with Crippen molar-refractivity contribution in [3.05, 3.63) is 89.0 Å². The predicted octanol–water partition coefficient (Wildman–Crippen LogP) is 7.68. The molecule has 0 bridgehead atoms. The van der Waals surface area contributed by atoms with Gasteiger partial charge in [-0.3, -0.25) is 4.79 Å². The summed E-state index contributed by atoms with van der Waals surface area (Å²) in [6.07, 6.45) is 9.59. The number of hydrogen-bond donors (Lipinski definition) is 2. The van der Waals surface area contributed by atoms with Gasteiger partial charge in [-0.05, 0) is 89.8 Å². The fraction of sp³-hybridized carbons (Fsp3) is 0.459. The monoisotopic (exact) mass is 633 g/mol. The Morgan fingerprint density at radius 3 is 2.38 bits per heavy atom. The highest BCUT2D eigenvalue weighted by Gasteiger charge is 2.23. The van der Waals surface area contributed by atoms with Crippen LogP contribution in [0.1, 0.15) is 72.0 Å². The number of aryl methyl sites for hydroxylation is 1. The Bertz CT molecular complexity index is 1370. The number of nitrogens with one attached hydrogen (secondary N) is 1. The highest BCUT2D eigenvalue weighted by atomic mass is 32.2. The lowest BCUT2D eigenvalue weighted by Crippen LogP contribution is -2.41. The molecule has 0 radical (unpaired) electrons. The van der Waals surface area contributed by atoms with Crippen molar-refractivity contribution in [3.8, 4) is 16.9 Å². The van der Waals surface area contributed by atoms with Gasteiger partial charge in [0.2, 0.25) is 0 Å². The molecule has 1 aliphatic rings. The second-order valence-electron chi connectivity index (χ2n) is 11.9. The van der Waals surface area contributed by atoms with Crippen LogP contribution < -0.4 is 10.1 Å². The predicted molar refractivity (Wildman–Crippen MR) is 181 cm³/mol. The zero-order chi connectivity index (χ0) is 32.0. The maximum Gasteiger partial charge on any atom is 0.326 e. The smallest absolute Gasteiger partial charge is 0.326 e. The second-order valence-corrected chi connectivity index (χ2v) is 12.9. The average molecular weight is 634 g/mol. The topological polar surface area (TPSA) is 94.1 Å². The molecule has 2 N–H and O–H groups in total. The van der Waals surface area contributed by atoms with E-state index in [4.69, 9.17) is 14.2 Å². The SMILES string of the molecule is COc1ccc(COC(COCc2ccc(C(=O)NC(CCSC)C(=O)O)c(-c3ccccc3C)c2)CC2CCCCC2)cc1. The first kappa shape index (κ1) is 34.5. The largest absolute Gasteiger partial charge is 0.497 e. The van der Waals surface area contributed by atoms with Crippen LogP contribution in [-0.2, 0) is 27.5 Å². The van der Waals surface area contributed by atoms with E-state index in [0.29, 0.717) is 43.5 Å². The first-order valence-corrected chi connectivity index (χ1v) is 17.3. The van der Waals surface area contributed by atoms with Gasteiger partial charge in [-0.15, -0.1) is 0 Å². The molecule has 1 amide bonds. The highest BCUT2D eigenvalue weighted by Crippen LogP contribution is 2.30. The molecule has 0 heterocycles. The Morgan fingerprint density at radius 1 is 0.956 bits per heavy atom. The van der Waals surface area contributed by atoms with Gasteiger partial charge in [0.25, 0.3) is 5.91 Å². The third kappa shape index (κ3) is 10.6. The maximum absolute atomic E-state index is 13.4. The van der Waals surface area contributed by atoms with Gasteiger partial charge in [-0.25, -0.2) is 4.79 Å². The minimum Gasteiger partial charge on any atom is -0.497 e. The molecular formula is C37H47NO6S. The van der Waals surface area contributed by atoms with Gasteiger partial charge < -0.3 is 24.6 Å². The number of hydrogen-bond acceptors (Lipinski definition) is 6. The Kier molecular flexibility index (Phi) is 13.8. The molecule has 3 aromatic rings. The quantitative estimate of drug-likeness (QED) is 0.158. The van der Waals surface area contributed by atoms with Crippen LogP contribution in [-0.4, -0.2) is 54.9 Å². The standard InChI is InChI=1S/C37H47NO6S/c1-26-9-7-8-12-32(26)34-22-29(15-18-33(34)36(39)38-35(37(40)41)19-20-45-3)23-43-25-31(21-27-10-5-4-6-11-27)44-24-28-13-16-30(42-2)17-14-28/h7-9,12-18,22,27,31,35H,4-6,10-11,19-21,23-25H2,1-3H3,(H,38,39)(H,40,41). The van der Waals surface area contributed by atoms with E-state index in [-0.39, 0.29) is 6.10 Å². The molecule has 1 fully saturated rings. The number of ether oxygens (including phenoxy) is 3. The molecule has 2 atom stereocenters. The molecule has 3 aromatic carbocycles. The molecule has 4 rings (SSSR count). The molecule has 8 heteroatoms. The molecule has 0 aromatic heterocycles. The lowest BCUT2D eigenvalue weighted by molar-refractivity contribution is -0.139. The van der Waals surface area contributed by atoms with Crippen molar-refractivity contribution in [3.63, 3.8) is 0 Å². The van der Waals surface area contributed by atoms with E-state index in [0.717, 1.165) is 40.0 Å². The number of aliphatic carboxylic acids is 1. The molecule has 0 saturated heterocycles. The van der Waals surface area contributed by atoms with E-state index in [1.54, 1.807) is 24.9 Å². The summed E-state index contributed by atoms with van der Waals surface area (Å²) in [7, 11) is 1.66. The van der Waals surface area contributed by atoms with E-state index < -0.39 is 17.9 Å². The summed E-state index contributed by atoms with van der Waals surface area (Å²) in [5, 5.41) is 12.4. The number of carbonyl (C=O) groups is 2. The maximum atomic E-state index is 13.4. The molecule has 1 aliphatic carbocycles. The first-order valence-electron chi connectivity index (χ1n) is 15.9. The van der Waals surface area contributed by atoms with Crippen molar-refractivity contribution in [2.45, 2.75) is 77.2 Å². The molecule has 242 valence electrons. The van der Waals surface area contributed by atoms with E-state index in [9.17, 15) is 14.7 Å². The number of carbonyl (C=O) groups excluding carboxylic acids is 1. The number of amides is 1. The summed E-state index contributed by atoms with van der Waals surface area (Å²) in [6, 6.07) is 20.6. The molecular weight excluding hydrogens is 586 g/mol. The van der Waals surface area contributed by atoms with Crippen molar-refractivity contribution in [2.24, 2.45) is 5.92 Å². The first-order chi connectivity index (χ1) is 21.9. The van der Waals surface area contributed by atoms with Gasteiger partial charge in [-0.2, -0.15) is 11.8 Å². The second kappa shape index (κ2) is 18.0. The van der Waals surface area contributed by atoms with Crippen molar-refractivity contribution >= 4 is 23.6 Å². The molecule has 45 heavy (non-hydrogen) atoms. The fourth-order valence-corrected chi connectivity index (χ4v) is 6.40. The number of thioether (sulfide) groups is 1. The number of methoxy groups -OCH3 is 1. The van der Waals surface area contributed by atoms with Crippen LogP contribution in [0.3, 0.4) is 0 Å². The Balaban J connectivity index is 1.47. The molecule has 1 saturated carbocycles. The molecule has 0 aliphatic heterocycles. The van der Waals surface area contributed by atoms with Gasteiger partial charge in [0.05, 0.1) is 33.0 Å². The van der Waals surface area contributed by atoms with Crippen LogP contribution in [0, 0.1) is 12.8 Å². The number of rotatable bonds is 17. The number of carboxylic acids is 1. The van der Waals surface area contributed by atoms with Crippen LogP contribution in [0.4, 0.5) is 0 Å². The van der Waals surface area contributed by atoms with E-state index in [1.165, 1.54) is 32.1 Å². The Hall–Kier alpha value is -3.33. The molecule has 0 spiro atoms. The van der Waals surface area contributed by atoms with Gasteiger partial charge in [-0.1, -0.05) is 74.6 Å². The lowest BCUT2D eigenvalue weighted by atomic mass is 9.85. The van der Waals surface area contributed by atoms with E-state index in [1.807, 2.05) is 73.8 Å². The molecule has 7 nitrogen and oxygen atoms in total. The third-order valence-electron chi connectivity index (χ3n) is 8.52. The molecule has 2 unspecified atom stereocenters. The average Bonchev–Trinajstić information content (AvgIpc) is 3.06. The zero-order valence-corrected chi connectivity index (χ0v) is 27.6. The number of benzene rings is 3. The fourth-order valence-electron chi connectivity index (χ4n) is 5.93. The summed E-state index contributed by atoms with van der Waals surface area (Å²) < 4.78 is 18.0. The van der Waals surface area contributed by atoms with Crippen LogP contribution in [0.2, 0.25) is 0 Å². The lowest BCUT2D eigenvalue weighted by Gasteiger charge is -2.27. The summed E-state index contributed by atoms with van der Waals surface area (Å²) in [6.45, 7) is 3.37. The van der Waals surface area contributed by atoms with E-state index in [2.05, 4.69) is 5.32 Å². The minimum atomic E-state index is -1.03. The third-order valence-corrected chi connectivity index (χ3v) is 9.16. The van der Waals surface area contributed by atoms with Gasteiger partial charge in [0.1, 0.15) is 11.8 Å². The van der Waals surface area contributed by atoms with Crippen LogP contribution in [0.5, 0.6) is 5.75 Å². The Morgan fingerprint density at radius 2 is 1.69 bits per heavy atom. The van der Waals surface area contributed by atoms with Gasteiger partial charge in [0.15, 0.2) is 0 Å². The normalized spacial score (nSPS) is 14.9. The zero-order valence-electron chi connectivity index (χ0n) is 26.8. The van der Waals surface area contributed by atoms with Gasteiger partial charge in [0, 0.05) is 5.56 Å². The summed E-state index contributed by atoms with van der Waals surface area (Å²) in [4.78, 5) is 25.3. The van der Waals surface area contributed by atoms with Crippen molar-refractivity contribution < 1.29 is 28.9 Å². The highest BCUT2D eigenvalue weighted by molar-refractivity contribution is 7.98. The van der Waals surface area contributed by atoms with E-state index >= 15 is 0 Å². The van der Waals surface area contributed by atoms with Crippen molar-refractivity contribution in [1.29, 1.82) is 0 Å². The summed E-state index contributed by atoms with van der Waals surface area (Å²) in [5.74, 6) is 0.695. The van der Waals surface area contributed by atoms with Gasteiger partial charge >= 0.3 is 5.97 Å². The van der Waals surface area contributed by atoms with Crippen molar-refractivity contribution in [1.82, 2.24) is 5.32 Å². The van der Waals surface area contributed by atoms with Crippen molar-refractivity contribution in [2.75, 3.05) is 25.7 Å². The van der Waals surface area contributed by atoms with Crippen LogP contribution in [0.15, 0.2) is 66.7 Å². The summed E-state index contributed by atoms with van der Waals surface area (Å²) in [5.41, 5.74) is 5.20. The number of carboxylic acid groups (broad SMARTS) is 1. The van der Waals surface area contributed by atoms with Crippen LogP contribution >= 0.6 is 11.8 Å². The summed E-state index contributed by atoms with van der Waals surface area (Å²) >= 11 is 1.55.